The highest BCUT2D eigenvalue weighted by Crippen LogP contribution is 2.24. The van der Waals surface area contributed by atoms with Gasteiger partial charge in [0, 0.05) is 19.3 Å². The SMILES string of the molecule is CCNC(=NCc1ccc(S(C)(=O)=O)cc1)NCC(c1ccco1)N1CCCCC1. The molecule has 3 rings (SSSR count). The summed E-state index contributed by atoms with van der Waals surface area (Å²) in [6.45, 7) is 6.11. The zero-order chi connectivity index (χ0) is 21.4. The molecule has 1 saturated heterocycles. The van der Waals surface area contributed by atoms with E-state index in [1.165, 1.54) is 25.5 Å². The van der Waals surface area contributed by atoms with E-state index in [9.17, 15) is 8.42 Å². The van der Waals surface area contributed by atoms with E-state index in [0.29, 0.717) is 18.0 Å². The minimum atomic E-state index is -3.18. The lowest BCUT2D eigenvalue weighted by Crippen LogP contribution is -2.44. The summed E-state index contributed by atoms with van der Waals surface area (Å²) in [4.78, 5) is 7.47. The molecule has 1 aliphatic rings. The second-order valence-corrected chi connectivity index (χ2v) is 9.64. The Morgan fingerprint density at radius 1 is 1.13 bits per heavy atom. The maximum atomic E-state index is 11.6. The van der Waals surface area contributed by atoms with E-state index in [1.54, 1.807) is 18.4 Å². The van der Waals surface area contributed by atoms with Crippen molar-refractivity contribution in [2.75, 3.05) is 32.4 Å². The first-order valence-electron chi connectivity index (χ1n) is 10.6. The van der Waals surface area contributed by atoms with Gasteiger partial charge in [0.05, 0.1) is 23.7 Å². The van der Waals surface area contributed by atoms with Gasteiger partial charge in [-0.15, -0.1) is 0 Å². The lowest BCUT2D eigenvalue weighted by atomic mass is 10.1. The van der Waals surface area contributed by atoms with Gasteiger partial charge in [-0.05, 0) is 62.7 Å². The minimum absolute atomic E-state index is 0.165. The molecule has 1 atom stereocenters. The maximum absolute atomic E-state index is 11.6. The molecule has 1 aliphatic heterocycles. The second kappa shape index (κ2) is 10.6. The van der Waals surface area contributed by atoms with Crippen LogP contribution in [0.4, 0.5) is 0 Å². The van der Waals surface area contributed by atoms with Crippen molar-refractivity contribution in [3.05, 3.63) is 54.0 Å². The van der Waals surface area contributed by atoms with E-state index >= 15 is 0 Å². The normalized spacial score (nSPS) is 16.9. The number of guanidine groups is 1. The Bertz CT molecular complexity index is 902. The number of piperidine rings is 1. The van der Waals surface area contributed by atoms with Crippen LogP contribution in [0.5, 0.6) is 0 Å². The molecule has 0 spiro atoms. The molecule has 1 fully saturated rings. The zero-order valence-corrected chi connectivity index (χ0v) is 18.6. The molecule has 0 saturated carbocycles. The largest absolute Gasteiger partial charge is 0.468 e. The highest BCUT2D eigenvalue weighted by atomic mass is 32.2. The standard InChI is InChI=1S/C22H32N4O3S/c1-3-23-22(24-16-18-9-11-19(12-10-18)30(2,27)28)25-17-20(21-8-7-15-29-21)26-13-5-4-6-14-26/h7-12,15,20H,3-6,13-14,16-17H2,1-2H3,(H2,23,24,25). The van der Waals surface area contributed by atoms with Crippen LogP contribution in [-0.4, -0.2) is 51.7 Å². The quantitative estimate of drug-likeness (QED) is 0.493. The fourth-order valence-corrected chi connectivity index (χ4v) is 4.30. The molecule has 2 heterocycles. The van der Waals surface area contributed by atoms with Crippen LogP contribution in [0.3, 0.4) is 0 Å². The van der Waals surface area contributed by atoms with Gasteiger partial charge in [-0.2, -0.15) is 0 Å². The Kier molecular flexibility index (Phi) is 7.93. The lowest BCUT2D eigenvalue weighted by Gasteiger charge is -2.33. The van der Waals surface area contributed by atoms with Crippen molar-refractivity contribution in [3.63, 3.8) is 0 Å². The van der Waals surface area contributed by atoms with Crippen LogP contribution in [-0.2, 0) is 16.4 Å². The molecule has 30 heavy (non-hydrogen) atoms. The summed E-state index contributed by atoms with van der Waals surface area (Å²) in [5, 5.41) is 6.74. The highest BCUT2D eigenvalue weighted by molar-refractivity contribution is 7.90. The molecule has 2 N–H and O–H groups in total. The van der Waals surface area contributed by atoms with Crippen LogP contribution >= 0.6 is 0 Å². The number of likely N-dealkylation sites (tertiary alicyclic amines) is 1. The summed E-state index contributed by atoms with van der Waals surface area (Å²) in [7, 11) is -3.18. The lowest BCUT2D eigenvalue weighted by molar-refractivity contribution is 0.146. The molecule has 1 unspecified atom stereocenters. The number of hydrogen-bond acceptors (Lipinski definition) is 5. The fraction of sp³-hybridized carbons (Fsp3) is 0.500. The van der Waals surface area contributed by atoms with Crippen LogP contribution in [0, 0.1) is 0 Å². The molecule has 0 bridgehead atoms. The van der Waals surface area contributed by atoms with Crippen molar-refractivity contribution >= 4 is 15.8 Å². The van der Waals surface area contributed by atoms with E-state index in [0.717, 1.165) is 36.9 Å². The number of rotatable bonds is 8. The van der Waals surface area contributed by atoms with Crippen LogP contribution in [0.15, 0.2) is 57.0 Å². The first kappa shape index (κ1) is 22.4. The highest BCUT2D eigenvalue weighted by Gasteiger charge is 2.24. The van der Waals surface area contributed by atoms with Gasteiger partial charge >= 0.3 is 0 Å². The first-order valence-corrected chi connectivity index (χ1v) is 12.4. The average Bonchev–Trinajstić information content (AvgIpc) is 3.27. The van der Waals surface area contributed by atoms with Crippen molar-refractivity contribution in [1.29, 1.82) is 0 Å². The van der Waals surface area contributed by atoms with Gasteiger partial charge in [-0.3, -0.25) is 4.90 Å². The van der Waals surface area contributed by atoms with Crippen molar-refractivity contribution in [2.24, 2.45) is 4.99 Å². The number of nitrogens with one attached hydrogen (secondary N) is 2. The van der Waals surface area contributed by atoms with Gasteiger partial charge in [-0.1, -0.05) is 18.6 Å². The van der Waals surface area contributed by atoms with Crippen LogP contribution in [0.25, 0.3) is 0 Å². The number of benzene rings is 1. The van der Waals surface area contributed by atoms with Gasteiger partial charge in [-0.25, -0.2) is 13.4 Å². The van der Waals surface area contributed by atoms with Crippen LogP contribution in [0.1, 0.15) is 43.6 Å². The number of nitrogens with zero attached hydrogens (tertiary/aromatic N) is 2. The summed E-state index contributed by atoms with van der Waals surface area (Å²) >= 11 is 0. The summed E-state index contributed by atoms with van der Waals surface area (Å²) in [6, 6.07) is 11.0. The zero-order valence-electron chi connectivity index (χ0n) is 17.8. The summed E-state index contributed by atoms with van der Waals surface area (Å²) in [5.41, 5.74) is 0.957. The first-order chi connectivity index (χ1) is 14.5. The monoisotopic (exact) mass is 432 g/mol. The van der Waals surface area contributed by atoms with Gasteiger partial charge in [0.2, 0.25) is 0 Å². The third-order valence-corrected chi connectivity index (χ3v) is 6.41. The van der Waals surface area contributed by atoms with E-state index in [-0.39, 0.29) is 6.04 Å². The molecular weight excluding hydrogens is 400 g/mol. The summed E-state index contributed by atoms with van der Waals surface area (Å²) in [5.74, 6) is 1.70. The summed E-state index contributed by atoms with van der Waals surface area (Å²) in [6.07, 6.45) is 6.66. The molecular formula is C22H32N4O3S. The Labute approximate surface area is 179 Å². The van der Waals surface area contributed by atoms with E-state index in [2.05, 4.69) is 20.5 Å². The Hall–Kier alpha value is -2.32. The predicted molar refractivity (Wildman–Crippen MR) is 119 cm³/mol. The molecule has 8 heteroatoms. The third kappa shape index (κ3) is 6.34. The van der Waals surface area contributed by atoms with Crippen LogP contribution < -0.4 is 10.6 Å². The maximum Gasteiger partial charge on any atom is 0.191 e. The Morgan fingerprint density at radius 3 is 2.47 bits per heavy atom. The molecule has 2 aromatic rings. The van der Waals surface area contributed by atoms with E-state index in [4.69, 9.17) is 4.42 Å². The van der Waals surface area contributed by atoms with E-state index in [1.807, 2.05) is 31.2 Å². The smallest absolute Gasteiger partial charge is 0.191 e. The van der Waals surface area contributed by atoms with Crippen molar-refractivity contribution in [2.45, 2.75) is 43.7 Å². The van der Waals surface area contributed by atoms with E-state index < -0.39 is 9.84 Å². The molecule has 0 radical (unpaired) electrons. The van der Waals surface area contributed by atoms with Crippen molar-refractivity contribution in [1.82, 2.24) is 15.5 Å². The topological polar surface area (TPSA) is 86.9 Å². The second-order valence-electron chi connectivity index (χ2n) is 7.62. The molecule has 1 aromatic carbocycles. The molecule has 1 aromatic heterocycles. The number of sulfone groups is 1. The van der Waals surface area contributed by atoms with Crippen molar-refractivity contribution in [3.8, 4) is 0 Å². The molecule has 0 aliphatic carbocycles. The number of furan rings is 1. The number of hydrogen-bond donors (Lipinski definition) is 2. The van der Waals surface area contributed by atoms with Gasteiger partial charge in [0.1, 0.15) is 5.76 Å². The minimum Gasteiger partial charge on any atom is -0.468 e. The number of aliphatic imine (C=N–C) groups is 1. The third-order valence-electron chi connectivity index (χ3n) is 5.28. The molecule has 0 amide bonds. The Morgan fingerprint density at radius 2 is 1.87 bits per heavy atom. The Balaban J connectivity index is 1.66. The van der Waals surface area contributed by atoms with Gasteiger partial charge in [0.15, 0.2) is 15.8 Å². The van der Waals surface area contributed by atoms with Crippen LogP contribution in [0.2, 0.25) is 0 Å². The predicted octanol–water partition coefficient (Wildman–Crippen LogP) is 2.97. The van der Waals surface area contributed by atoms with Gasteiger partial charge < -0.3 is 15.1 Å². The van der Waals surface area contributed by atoms with Gasteiger partial charge in [0.25, 0.3) is 0 Å². The average molecular weight is 433 g/mol. The molecule has 164 valence electrons. The molecule has 7 nitrogen and oxygen atoms in total. The summed E-state index contributed by atoms with van der Waals surface area (Å²) < 4.78 is 28.9. The van der Waals surface area contributed by atoms with Crippen molar-refractivity contribution < 1.29 is 12.8 Å². The fourth-order valence-electron chi connectivity index (χ4n) is 3.67.